The Kier molecular flexibility index (Phi) is 5.05. The lowest BCUT2D eigenvalue weighted by atomic mass is 9.90. The van der Waals surface area contributed by atoms with E-state index in [1.807, 2.05) is 27.7 Å². The van der Waals surface area contributed by atoms with E-state index in [0.29, 0.717) is 30.7 Å². The van der Waals surface area contributed by atoms with Crippen LogP contribution in [0, 0.1) is 5.92 Å². The smallest absolute Gasteiger partial charge is 0.237 e. The van der Waals surface area contributed by atoms with Crippen molar-refractivity contribution >= 4 is 5.91 Å². The predicted molar refractivity (Wildman–Crippen MR) is 72.3 cm³/mol. The van der Waals surface area contributed by atoms with Crippen LogP contribution in [-0.2, 0) is 11.3 Å². The fourth-order valence-corrected chi connectivity index (χ4v) is 1.92. The molecule has 0 fully saturated rings. The molecule has 0 bridgehead atoms. The Hall–Kier alpha value is -1.43. The van der Waals surface area contributed by atoms with Crippen LogP contribution in [0.1, 0.15) is 58.7 Å². The third-order valence-electron chi connectivity index (χ3n) is 2.97. The molecule has 6 heteroatoms. The molecule has 108 valence electrons. The highest BCUT2D eigenvalue weighted by Gasteiger charge is 2.31. The fraction of sp³-hybridized carbons (Fsp3) is 0.769. The number of carbonyl (C=O) groups excluding carboxylic acids is 1. The van der Waals surface area contributed by atoms with Crippen LogP contribution in [0.25, 0.3) is 0 Å². The van der Waals surface area contributed by atoms with Crippen molar-refractivity contribution in [3.05, 3.63) is 11.8 Å². The highest BCUT2D eigenvalue weighted by atomic mass is 16.4. The van der Waals surface area contributed by atoms with Crippen molar-refractivity contribution < 1.29 is 9.21 Å². The summed E-state index contributed by atoms with van der Waals surface area (Å²) in [7, 11) is 0. The number of rotatable bonds is 7. The Morgan fingerprint density at radius 1 is 1.37 bits per heavy atom. The number of nitrogens with two attached hydrogens (primary N) is 1. The van der Waals surface area contributed by atoms with E-state index < -0.39 is 5.54 Å². The van der Waals surface area contributed by atoms with E-state index >= 15 is 0 Å². The maximum absolute atomic E-state index is 11.6. The van der Waals surface area contributed by atoms with E-state index in [0.717, 1.165) is 0 Å². The lowest BCUT2D eigenvalue weighted by molar-refractivity contribution is -0.124. The van der Waals surface area contributed by atoms with Gasteiger partial charge in [0.05, 0.1) is 12.1 Å². The van der Waals surface area contributed by atoms with Gasteiger partial charge in [-0.15, -0.1) is 10.2 Å². The topological polar surface area (TPSA) is 94.0 Å². The van der Waals surface area contributed by atoms with Crippen molar-refractivity contribution in [1.29, 1.82) is 0 Å². The van der Waals surface area contributed by atoms with Crippen molar-refractivity contribution in [1.82, 2.24) is 15.5 Å². The van der Waals surface area contributed by atoms with Crippen LogP contribution >= 0.6 is 0 Å². The third-order valence-corrected chi connectivity index (χ3v) is 2.97. The molecule has 1 atom stereocenters. The van der Waals surface area contributed by atoms with Gasteiger partial charge in [0.25, 0.3) is 0 Å². The van der Waals surface area contributed by atoms with Crippen LogP contribution in [0.3, 0.4) is 0 Å². The molecule has 0 aliphatic rings. The maximum Gasteiger partial charge on any atom is 0.237 e. The second-order valence-corrected chi connectivity index (χ2v) is 5.84. The summed E-state index contributed by atoms with van der Waals surface area (Å²) >= 11 is 0. The monoisotopic (exact) mass is 268 g/mol. The quantitative estimate of drug-likeness (QED) is 0.783. The summed E-state index contributed by atoms with van der Waals surface area (Å²) in [5, 5.41) is 11.0. The van der Waals surface area contributed by atoms with Crippen LogP contribution in [0.4, 0.5) is 0 Å². The Balaban J connectivity index is 2.68. The Morgan fingerprint density at radius 3 is 2.42 bits per heavy atom. The molecule has 6 nitrogen and oxygen atoms in total. The Labute approximate surface area is 114 Å². The first-order chi connectivity index (χ1) is 8.74. The zero-order valence-corrected chi connectivity index (χ0v) is 12.4. The van der Waals surface area contributed by atoms with Crippen LogP contribution in [-0.4, -0.2) is 21.6 Å². The molecule has 19 heavy (non-hydrogen) atoms. The lowest BCUT2D eigenvalue weighted by Gasteiger charge is -2.28. The van der Waals surface area contributed by atoms with E-state index in [2.05, 4.69) is 15.5 Å². The summed E-state index contributed by atoms with van der Waals surface area (Å²) in [6.45, 7) is 10.2. The molecule has 0 saturated carbocycles. The number of nitrogens with one attached hydrogen (secondary N) is 1. The zero-order chi connectivity index (χ0) is 14.6. The van der Waals surface area contributed by atoms with Crippen molar-refractivity contribution in [2.45, 2.75) is 59.0 Å². The van der Waals surface area contributed by atoms with Crippen molar-refractivity contribution in [3.8, 4) is 0 Å². The van der Waals surface area contributed by atoms with E-state index in [1.165, 1.54) is 0 Å². The number of hydrogen-bond donors (Lipinski definition) is 2. The molecule has 0 saturated heterocycles. The predicted octanol–water partition coefficient (Wildman–Crippen LogP) is 1.57. The molecule has 3 N–H and O–H groups in total. The lowest BCUT2D eigenvalue weighted by Crippen LogP contribution is -2.53. The van der Waals surface area contributed by atoms with E-state index in [1.54, 1.807) is 6.92 Å². The first-order valence-electron chi connectivity index (χ1n) is 6.62. The molecule has 0 unspecified atom stereocenters. The number of aromatic nitrogens is 2. The highest BCUT2D eigenvalue weighted by Crippen LogP contribution is 2.17. The van der Waals surface area contributed by atoms with Gasteiger partial charge in [0.15, 0.2) is 0 Å². The molecular formula is C13H24N4O2. The first kappa shape index (κ1) is 15.6. The highest BCUT2D eigenvalue weighted by molar-refractivity contribution is 5.84. The summed E-state index contributed by atoms with van der Waals surface area (Å²) < 4.78 is 5.49. The van der Waals surface area contributed by atoms with Gasteiger partial charge in [-0.2, -0.15) is 0 Å². The van der Waals surface area contributed by atoms with E-state index in [4.69, 9.17) is 10.2 Å². The second kappa shape index (κ2) is 6.14. The van der Waals surface area contributed by atoms with Gasteiger partial charge in [0.2, 0.25) is 17.7 Å². The molecule has 0 radical (unpaired) electrons. The Morgan fingerprint density at radius 2 is 2.00 bits per heavy atom. The van der Waals surface area contributed by atoms with Gasteiger partial charge in [0.1, 0.15) is 0 Å². The van der Waals surface area contributed by atoms with Crippen LogP contribution in [0.2, 0.25) is 0 Å². The average Bonchev–Trinajstić information content (AvgIpc) is 2.74. The molecule has 1 heterocycles. The normalized spacial score (nSPS) is 14.9. The molecule has 1 aromatic heterocycles. The van der Waals surface area contributed by atoms with Crippen molar-refractivity contribution in [3.63, 3.8) is 0 Å². The van der Waals surface area contributed by atoms with Gasteiger partial charge in [-0.25, -0.2) is 0 Å². The number of primary amides is 1. The molecule has 0 aromatic carbocycles. The minimum absolute atomic E-state index is 0.194. The standard InChI is InChI=1S/C13H24N4O2/c1-8(2)6-13(5,12(14)18)15-7-10-16-17-11(19-10)9(3)4/h8-9,15H,6-7H2,1-5H3,(H2,14,18)/t13-/m0/s1. The summed E-state index contributed by atoms with van der Waals surface area (Å²) in [6.07, 6.45) is 0.660. The van der Waals surface area contributed by atoms with Gasteiger partial charge in [-0.05, 0) is 19.3 Å². The SMILES string of the molecule is CC(C)C[C@](C)(NCc1nnc(C(C)C)o1)C(N)=O. The molecule has 1 amide bonds. The van der Waals surface area contributed by atoms with E-state index in [-0.39, 0.29) is 11.8 Å². The molecule has 1 aromatic rings. The number of nitrogens with zero attached hydrogens (tertiary/aromatic N) is 2. The van der Waals surface area contributed by atoms with Gasteiger partial charge in [0, 0.05) is 5.92 Å². The largest absolute Gasteiger partial charge is 0.424 e. The molecule has 0 aliphatic heterocycles. The van der Waals surface area contributed by atoms with Crippen molar-refractivity contribution in [2.75, 3.05) is 0 Å². The van der Waals surface area contributed by atoms with Gasteiger partial charge < -0.3 is 10.2 Å². The van der Waals surface area contributed by atoms with Gasteiger partial charge in [-0.3, -0.25) is 10.1 Å². The average molecular weight is 268 g/mol. The second-order valence-electron chi connectivity index (χ2n) is 5.84. The summed E-state index contributed by atoms with van der Waals surface area (Å²) in [6, 6.07) is 0. The van der Waals surface area contributed by atoms with Crippen LogP contribution < -0.4 is 11.1 Å². The summed E-state index contributed by atoms with van der Waals surface area (Å²) in [5.74, 6) is 1.25. The Bertz CT molecular complexity index is 428. The summed E-state index contributed by atoms with van der Waals surface area (Å²) in [5.41, 5.74) is 4.71. The van der Waals surface area contributed by atoms with Crippen LogP contribution in [0.15, 0.2) is 4.42 Å². The van der Waals surface area contributed by atoms with E-state index in [9.17, 15) is 4.79 Å². The fourth-order valence-electron chi connectivity index (χ4n) is 1.92. The number of carbonyl (C=O) groups is 1. The molecule has 1 rings (SSSR count). The van der Waals surface area contributed by atoms with Crippen LogP contribution in [0.5, 0.6) is 0 Å². The molecular weight excluding hydrogens is 244 g/mol. The first-order valence-corrected chi connectivity index (χ1v) is 6.62. The minimum Gasteiger partial charge on any atom is -0.424 e. The third kappa shape index (κ3) is 4.31. The van der Waals surface area contributed by atoms with Gasteiger partial charge >= 0.3 is 0 Å². The minimum atomic E-state index is -0.763. The van der Waals surface area contributed by atoms with Crippen molar-refractivity contribution in [2.24, 2.45) is 11.7 Å². The number of amides is 1. The summed E-state index contributed by atoms with van der Waals surface area (Å²) in [4.78, 5) is 11.6. The zero-order valence-electron chi connectivity index (χ0n) is 12.4. The maximum atomic E-state index is 11.6. The van der Waals surface area contributed by atoms with Gasteiger partial charge in [-0.1, -0.05) is 27.7 Å². The number of hydrogen-bond acceptors (Lipinski definition) is 5. The molecule has 0 spiro atoms. The molecule has 0 aliphatic carbocycles.